The monoisotopic (exact) mass is 292 g/mol. The molecule has 6 heteroatoms. The molecule has 0 aliphatic rings. The van der Waals surface area contributed by atoms with Gasteiger partial charge in [0, 0.05) is 7.05 Å². The first kappa shape index (κ1) is 14.2. The van der Waals surface area contributed by atoms with Gasteiger partial charge >= 0.3 is 0 Å². The van der Waals surface area contributed by atoms with Gasteiger partial charge in [-0.05, 0) is 36.4 Å². The molecule has 0 aromatic heterocycles. The van der Waals surface area contributed by atoms with Crippen molar-refractivity contribution in [1.29, 1.82) is 0 Å². The summed E-state index contributed by atoms with van der Waals surface area (Å²) >= 11 is 0. The van der Waals surface area contributed by atoms with Gasteiger partial charge in [-0.25, -0.2) is 8.42 Å². The van der Waals surface area contributed by atoms with Crippen LogP contribution in [0.3, 0.4) is 0 Å². The van der Waals surface area contributed by atoms with Gasteiger partial charge in [0.15, 0.2) is 0 Å². The van der Waals surface area contributed by atoms with Gasteiger partial charge in [-0.2, -0.15) is 0 Å². The van der Waals surface area contributed by atoms with Crippen molar-refractivity contribution in [3.8, 4) is 5.75 Å². The number of sulfonamides is 1. The molecule has 0 bridgehead atoms. The third kappa shape index (κ3) is 3.03. The SMILES string of the molecule is CNc1ccccc1NS(=O)(=O)c1ccc(OC)cc1. The van der Waals surface area contributed by atoms with Gasteiger partial charge in [0.1, 0.15) is 5.75 Å². The molecule has 0 saturated heterocycles. The summed E-state index contributed by atoms with van der Waals surface area (Å²) in [5, 5.41) is 2.94. The number of rotatable bonds is 5. The highest BCUT2D eigenvalue weighted by molar-refractivity contribution is 7.92. The molecule has 2 rings (SSSR count). The van der Waals surface area contributed by atoms with E-state index in [-0.39, 0.29) is 4.90 Å². The Balaban J connectivity index is 2.30. The van der Waals surface area contributed by atoms with E-state index in [9.17, 15) is 8.42 Å². The molecule has 0 fully saturated rings. The number of para-hydroxylation sites is 2. The van der Waals surface area contributed by atoms with Gasteiger partial charge in [-0.1, -0.05) is 12.1 Å². The molecule has 0 aliphatic heterocycles. The van der Waals surface area contributed by atoms with Gasteiger partial charge in [0.25, 0.3) is 10.0 Å². The number of methoxy groups -OCH3 is 1. The van der Waals surface area contributed by atoms with Crippen LogP contribution in [0.1, 0.15) is 0 Å². The van der Waals surface area contributed by atoms with Crippen LogP contribution >= 0.6 is 0 Å². The fourth-order valence-electron chi connectivity index (χ4n) is 1.75. The van der Waals surface area contributed by atoms with E-state index in [4.69, 9.17) is 4.74 Å². The van der Waals surface area contributed by atoms with Gasteiger partial charge < -0.3 is 10.1 Å². The van der Waals surface area contributed by atoms with E-state index in [0.717, 1.165) is 0 Å². The van der Waals surface area contributed by atoms with Crippen molar-refractivity contribution >= 4 is 21.4 Å². The molecule has 0 unspecified atom stereocenters. The van der Waals surface area contributed by atoms with Gasteiger partial charge in [-0.3, -0.25) is 4.72 Å². The van der Waals surface area contributed by atoms with E-state index in [0.29, 0.717) is 17.1 Å². The summed E-state index contributed by atoms with van der Waals surface area (Å²) in [4.78, 5) is 0.184. The lowest BCUT2D eigenvalue weighted by Crippen LogP contribution is -2.14. The van der Waals surface area contributed by atoms with Crippen LogP contribution < -0.4 is 14.8 Å². The number of nitrogens with one attached hydrogen (secondary N) is 2. The molecule has 2 aromatic carbocycles. The van der Waals surface area contributed by atoms with Crippen LogP contribution in [0, 0.1) is 0 Å². The van der Waals surface area contributed by atoms with Crippen molar-refractivity contribution in [2.45, 2.75) is 4.90 Å². The fourth-order valence-corrected chi connectivity index (χ4v) is 2.83. The molecule has 0 spiro atoms. The van der Waals surface area contributed by atoms with Gasteiger partial charge in [0.05, 0.1) is 23.4 Å². The third-order valence-electron chi connectivity index (χ3n) is 2.81. The zero-order valence-electron chi connectivity index (χ0n) is 11.3. The van der Waals surface area contributed by atoms with Crippen LogP contribution in [0.25, 0.3) is 0 Å². The standard InChI is InChI=1S/C14H16N2O3S/c1-15-13-5-3-4-6-14(13)16-20(17,18)12-9-7-11(19-2)8-10-12/h3-10,15-16H,1-2H3. The Morgan fingerprint density at radius 3 is 2.10 bits per heavy atom. The number of hydrogen-bond acceptors (Lipinski definition) is 4. The second kappa shape index (κ2) is 5.83. The van der Waals surface area contributed by atoms with Gasteiger partial charge in [0.2, 0.25) is 0 Å². The van der Waals surface area contributed by atoms with Crippen LogP contribution in [0.5, 0.6) is 5.75 Å². The Kier molecular flexibility index (Phi) is 4.14. The summed E-state index contributed by atoms with van der Waals surface area (Å²) in [6.45, 7) is 0. The maximum Gasteiger partial charge on any atom is 0.261 e. The molecule has 2 aromatic rings. The van der Waals surface area contributed by atoms with E-state index in [2.05, 4.69) is 10.0 Å². The smallest absolute Gasteiger partial charge is 0.261 e. The van der Waals surface area contributed by atoms with Gasteiger partial charge in [-0.15, -0.1) is 0 Å². The molecule has 2 N–H and O–H groups in total. The molecule has 5 nitrogen and oxygen atoms in total. The van der Waals surface area contributed by atoms with E-state index < -0.39 is 10.0 Å². The minimum absolute atomic E-state index is 0.184. The molecule has 0 saturated carbocycles. The van der Waals surface area contributed by atoms with Crippen LogP contribution in [0.4, 0.5) is 11.4 Å². The number of benzene rings is 2. The molecule has 0 atom stereocenters. The maximum atomic E-state index is 12.3. The Hall–Kier alpha value is -2.21. The Morgan fingerprint density at radius 2 is 1.55 bits per heavy atom. The van der Waals surface area contributed by atoms with E-state index in [1.54, 1.807) is 37.4 Å². The Labute approximate surface area is 118 Å². The number of anilines is 2. The minimum atomic E-state index is -3.62. The second-order valence-electron chi connectivity index (χ2n) is 4.08. The highest BCUT2D eigenvalue weighted by Crippen LogP contribution is 2.24. The molecule has 0 heterocycles. The van der Waals surface area contributed by atoms with Crippen molar-refractivity contribution in [2.24, 2.45) is 0 Å². The average molecular weight is 292 g/mol. The number of hydrogen-bond donors (Lipinski definition) is 2. The molecule has 20 heavy (non-hydrogen) atoms. The average Bonchev–Trinajstić information content (AvgIpc) is 2.47. The fraction of sp³-hybridized carbons (Fsp3) is 0.143. The predicted molar refractivity (Wildman–Crippen MR) is 79.8 cm³/mol. The van der Waals surface area contributed by atoms with E-state index in [1.807, 2.05) is 6.07 Å². The molecular weight excluding hydrogens is 276 g/mol. The summed E-state index contributed by atoms with van der Waals surface area (Å²) in [6.07, 6.45) is 0. The van der Waals surface area contributed by atoms with Crippen molar-refractivity contribution in [2.75, 3.05) is 24.2 Å². The summed E-state index contributed by atoms with van der Waals surface area (Å²) in [5.74, 6) is 0.611. The molecule has 0 radical (unpaired) electrons. The van der Waals surface area contributed by atoms with E-state index in [1.165, 1.54) is 19.2 Å². The second-order valence-corrected chi connectivity index (χ2v) is 5.76. The summed E-state index contributed by atoms with van der Waals surface area (Å²) in [6, 6.07) is 13.3. The maximum absolute atomic E-state index is 12.3. The quantitative estimate of drug-likeness (QED) is 0.888. The van der Waals surface area contributed by atoms with E-state index >= 15 is 0 Å². The normalized spacial score (nSPS) is 10.9. The first-order valence-electron chi connectivity index (χ1n) is 6.00. The Bertz CT molecular complexity index is 682. The molecule has 0 aliphatic carbocycles. The van der Waals surface area contributed by atoms with Crippen molar-refractivity contribution in [3.05, 3.63) is 48.5 Å². The first-order valence-corrected chi connectivity index (χ1v) is 7.49. The lowest BCUT2D eigenvalue weighted by Gasteiger charge is -2.12. The van der Waals surface area contributed by atoms with Crippen LogP contribution in [-0.2, 0) is 10.0 Å². The van der Waals surface area contributed by atoms with Crippen molar-refractivity contribution in [1.82, 2.24) is 0 Å². The predicted octanol–water partition coefficient (Wildman–Crippen LogP) is 2.54. The highest BCUT2D eigenvalue weighted by atomic mass is 32.2. The molecule has 0 amide bonds. The third-order valence-corrected chi connectivity index (χ3v) is 4.19. The Morgan fingerprint density at radius 1 is 0.950 bits per heavy atom. The van der Waals surface area contributed by atoms with Crippen LogP contribution in [0.2, 0.25) is 0 Å². The number of ether oxygens (including phenoxy) is 1. The topological polar surface area (TPSA) is 67.4 Å². The summed E-state index contributed by atoms with van der Waals surface area (Å²) in [7, 11) is -0.347. The summed E-state index contributed by atoms with van der Waals surface area (Å²) < 4.78 is 32.2. The highest BCUT2D eigenvalue weighted by Gasteiger charge is 2.15. The molecular formula is C14H16N2O3S. The van der Waals surface area contributed by atoms with Crippen molar-refractivity contribution < 1.29 is 13.2 Å². The lowest BCUT2D eigenvalue weighted by molar-refractivity contribution is 0.414. The molecule has 106 valence electrons. The first-order chi connectivity index (χ1) is 9.56. The lowest BCUT2D eigenvalue weighted by atomic mass is 10.3. The van der Waals surface area contributed by atoms with Crippen LogP contribution in [0.15, 0.2) is 53.4 Å². The van der Waals surface area contributed by atoms with Crippen LogP contribution in [-0.4, -0.2) is 22.6 Å². The van der Waals surface area contributed by atoms with Crippen molar-refractivity contribution in [3.63, 3.8) is 0 Å². The largest absolute Gasteiger partial charge is 0.497 e. The minimum Gasteiger partial charge on any atom is -0.497 e. The summed E-state index contributed by atoms with van der Waals surface area (Å²) in [5.41, 5.74) is 1.22. The zero-order valence-corrected chi connectivity index (χ0v) is 12.1. The zero-order chi connectivity index (χ0) is 14.6.